The van der Waals surface area contributed by atoms with Gasteiger partial charge < -0.3 is 19.7 Å². The Labute approximate surface area is 183 Å². The van der Waals surface area contributed by atoms with E-state index in [1.54, 1.807) is 18.2 Å². The Balaban J connectivity index is 2.13. The average Bonchev–Trinajstić information content (AvgIpc) is 3.10. The van der Waals surface area contributed by atoms with Crippen LogP contribution in [0.4, 0.5) is 0 Å². The summed E-state index contributed by atoms with van der Waals surface area (Å²) >= 11 is 0. The summed E-state index contributed by atoms with van der Waals surface area (Å²) in [5, 5.41) is 31.8. The van der Waals surface area contributed by atoms with Gasteiger partial charge in [0.25, 0.3) is 0 Å². The molecule has 3 aromatic rings. The van der Waals surface area contributed by atoms with Crippen molar-refractivity contribution in [2.45, 2.75) is 47.5 Å². The standard InChI is InChI=1S/C27H30O4/c1-16(2)7-6-8-18(5)12-23-24(29)10-9-19-13-26(31-27(19)23)22-14-20(28)15-25(30)21(22)11-17(3)4/h7,9-15,28-30H,6,8H2,1-5H3/b18-12+. The lowest BCUT2D eigenvalue weighted by Gasteiger charge is -2.08. The van der Waals surface area contributed by atoms with Gasteiger partial charge in [0, 0.05) is 22.6 Å². The normalized spacial score (nSPS) is 11.6. The number of aromatic hydroxyl groups is 3. The minimum Gasteiger partial charge on any atom is -0.508 e. The van der Waals surface area contributed by atoms with E-state index in [9.17, 15) is 15.3 Å². The number of allylic oxidation sites excluding steroid dienone is 4. The van der Waals surface area contributed by atoms with Gasteiger partial charge in [-0.1, -0.05) is 28.9 Å². The summed E-state index contributed by atoms with van der Waals surface area (Å²) in [6.45, 7) is 10.1. The topological polar surface area (TPSA) is 73.8 Å². The molecule has 0 bridgehead atoms. The molecule has 0 aliphatic rings. The summed E-state index contributed by atoms with van der Waals surface area (Å²) in [5.74, 6) is 0.598. The molecule has 0 aliphatic heterocycles. The molecule has 0 saturated carbocycles. The van der Waals surface area contributed by atoms with Crippen LogP contribution in [0.2, 0.25) is 0 Å². The van der Waals surface area contributed by atoms with Crippen LogP contribution in [0.5, 0.6) is 17.2 Å². The van der Waals surface area contributed by atoms with Crippen LogP contribution in [-0.2, 0) is 0 Å². The maximum atomic E-state index is 10.5. The van der Waals surface area contributed by atoms with Crippen molar-refractivity contribution in [3.63, 3.8) is 0 Å². The van der Waals surface area contributed by atoms with E-state index in [2.05, 4.69) is 19.9 Å². The Hall–Kier alpha value is -3.40. The van der Waals surface area contributed by atoms with Gasteiger partial charge >= 0.3 is 0 Å². The molecule has 0 unspecified atom stereocenters. The molecule has 0 amide bonds. The first-order valence-corrected chi connectivity index (χ1v) is 10.4. The summed E-state index contributed by atoms with van der Waals surface area (Å²) in [7, 11) is 0. The molecule has 3 N–H and O–H groups in total. The second-order valence-electron chi connectivity index (χ2n) is 8.49. The molecule has 4 nitrogen and oxygen atoms in total. The van der Waals surface area contributed by atoms with E-state index in [1.807, 2.05) is 39.0 Å². The number of rotatable bonds is 6. The zero-order valence-corrected chi connectivity index (χ0v) is 18.8. The van der Waals surface area contributed by atoms with Gasteiger partial charge in [-0.15, -0.1) is 0 Å². The molecule has 3 rings (SSSR count). The summed E-state index contributed by atoms with van der Waals surface area (Å²) in [6, 6.07) is 8.22. The fourth-order valence-corrected chi connectivity index (χ4v) is 3.56. The van der Waals surface area contributed by atoms with Crippen molar-refractivity contribution in [1.82, 2.24) is 0 Å². The third-order valence-electron chi connectivity index (χ3n) is 5.03. The monoisotopic (exact) mass is 418 g/mol. The Kier molecular flexibility index (Phi) is 6.59. The molecule has 0 spiro atoms. The molecule has 4 heteroatoms. The predicted octanol–water partition coefficient (Wildman–Crippen LogP) is 7.79. The molecule has 0 saturated heterocycles. The van der Waals surface area contributed by atoms with Crippen LogP contribution in [0.3, 0.4) is 0 Å². The maximum Gasteiger partial charge on any atom is 0.145 e. The molecule has 1 heterocycles. The Bertz CT molecular complexity index is 1200. The van der Waals surface area contributed by atoms with Gasteiger partial charge in [0.05, 0.1) is 5.56 Å². The van der Waals surface area contributed by atoms with Crippen LogP contribution < -0.4 is 0 Å². The van der Waals surface area contributed by atoms with Crippen LogP contribution in [0, 0.1) is 0 Å². The van der Waals surface area contributed by atoms with Gasteiger partial charge in [-0.25, -0.2) is 0 Å². The quantitative estimate of drug-likeness (QED) is 0.357. The number of phenols is 3. The Morgan fingerprint density at radius 2 is 1.58 bits per heavy atom. The Morgan fingerprint density at radius 3 is 2.26 bits per heavy atom. The lowest BCUT2D eigenvalue weighted by Crippen LogP contribution is -1.84. The fraction of sp³-hybridized carbons (Fsp3) is 0.259. The van der Waals surface area contributed by atoms with Crippen molar-refractivity contribution in [3.05, 3.63) is 64.3 Å². The van der Waals surface area contributed by atoms with Crippen LogP contribution in [0.25, 0.3) is 34.4 Å². The van der Waals surface area contributed by atoms with Crippen LogP contribution in [0.1, 0.15) is 58.6 Å². The highest BCUT2D eigenvalue weighted by molar-refractivity contribution is 5.93. The van der Waals surface area contributed by atoms with Crippen molar-refractivity contribution >= 4 is 23.1 Å². The van der Waals surface area contributed by atoms with E-state index in [0.29, 0.717) is 28.0 Å². The number of furan rings is 1. The summed E-state index contributed by atoms with van der Waals surface area (Å²) < 4.78 is 6.17. The number of phenolic OH excluding ortho intramolecular Hbond substituents is 3. The fourth-order valence-electron chi connectivity index (χ4n) is 3.56. The molecular weight excluding hydrogens is 388 g/mol. The van der Waals surface area contributed by atoms with E-state index in [0.717, 1.165) is 29.4 Å². The molecule has 0 aliphatic carbocycles. The third-order valence-corrected chi connectivity index (χ3v) is 5.03. The van der Waals surface area contributed by atoms with Crippen LogP contribution in [0.15, 0.2) is 57.5 Å². The van der Waals surface area contributed by atoms with E-state index < -0.39 is 0 Å². The number of hydrogen-bond acceptors (Lipinski definition) is 4. The van der Waals surface area contributed by atoms with Crippen LogP contribution in [-0.4, -0.2) is 15.3 Å². The smallest absolute Gasteiger partial charge is 0.145 e. The highest BCUT2D eigenvalue weighted by Gasteiger charge is 2.17. The van der Waals surface area contributed by atoms with Gasteiger partial charge in [-0.3, -0.25) is 0 Å². The second-order valence-corrected chi connectivity index (χ2v) is 8.49. The number of hydrogen-bond donors (Lipinski definition) is 3. The summed E-state index contributed by atoms with van der Waals surface area (Å²) in [5.41, 5.74) is 5.80. The first kappa shape index (κ1) is 22.3. The predicted molar refractivity (Wildman–Crippen MR) is 128 cm³/mol. The first-order chi connectivity index (χ1) is 14.7. The minimum atomic E-state index is -0.0445. The molecule has 0 radical (unpaired) electrons. The SMILES string of the molecule is CC(C)=CCC/C(C)=C/c1c(O)ccc2cc(-c3cc(O)cc(O)c3C=C(C)C)oc12. The first-order valence-electron chi connectivity index (χ1n) is 10.4. The van der Waals surface area contributed by atoms with E-state index >= 15 is 0 Å². The van der Waals surface area contributed by atoms with Crippen molar-refractivity contribution < 1.29 is 19.7 Å². The highest BCUT2D eigenvalue weighted by Crippen LogP contribution is 2.40. The summed E-state index contributed by atoms with van der Waals surface area (Å²) in [6.07, 6.45) is 7.84. The lowest BCUT2D eigenvalue weighted by molar-refractivity contribution is 0.449. The third kappa shape index (κ3) is 5.21. The lowest BCUT2D eigenvalue weighted by atomic mass is 10.0. The molecule has 0 fully saturated rings. The molecular formula is C27H30O4. The van der Waals surface area contributed by atoms with E-state index in [4.69, 9.17) is 4.42 Å². The Morgan fingerprint density at radius 1 is 0.839 bits per heavy atom. The molecule has 31 heavy (non-hydrogen) atoms. The minimum absolute atomic E-state index is 0.0188. The zero-order chi connectivity index (χ0) is 22.7. The highest BCUT2D eigenvalue weighted by atomic mass is 16.3. The van der Waals surface area contributed by atoms with Crippen LogP contribution >= 0.6 is 0 Å². The largest absolute Gasteiger partial charge is 0.508 e. The van der Waals surface area contributed by atoms with Crippen molar-refractivity contribution in [2.75, 3.05) is 0 Å². The molecule has 0 atom stereocenters. The van der Waals surface area contributed by atoms with E-state index in [-0.39, 0.29) is 17.2 Å². The zero-order valence-electron chi connectivity index (χ0n) is 18.8. The van der Waals surface area contributed by atoms with Gasteiger partial charge in [-0.2, -0.15) is 0 Å². The van der Waals surface area contributed by atoms with Gasteiger partial charge in [0.15, 0.2) is 0 Å². The molecule has 162 valence electrons. The van der Waals surface area contributed by atoms with Crippen molar-refractivity contribution in [3.8, 4) is 28.6 Å². The number of fused-ring (bicyclic) bond motifs is 1. The van der Waals surface area contributed by atoms with Gasteiger partial charge in [0.2, 0.25) is 0 Å². The molecule has 2 aromatic carbocycles. The average molecular weight is 419 g/mol. The second kappa shape index (κ2) is 9.17. The molecule has 1 aromatic heterocycles. The van der Waals surface area contributed by atoms with E-state index in [1.165, 1.54) is 11.6 Å². The van der Waals surface area contributed by atoms with Gasteiger partial charge in [0.1, 0.15) is 28.6 Å². The van der Waals surface area contributed by atoms with Crippen molar-refractivity contribution in [1.29, 1.82) is 0 Å². The van der Waals surface area contributed by atoms with Gasteiger partial charge in [-0.05, 0) is 77.8 Å². The maximum absolute atomic E-state index is 10.5. The number of benzene rings is 2. The van der Waals surface area contributed by atoms with Crippen molar-refractivity contribution in [2.24, 2.45) is 0 Å². The summed E-state index contributed by atoms with van der Waals surface area (Å²) in [4.78, 5) is 0.